The van der Waals surface area contributed by atoms with Gasteiger partial charge in [-0.1, -0.05) is 24.3 Å². The lowest BCUT2D eigenvalue weighted by molar-refractivity contribution is -0.288. The molecule has 0 heterocycles. The first-order valence-electron chi connectivity index (χ1n) is 11.7. The Hall–Kier alpha value is -4.62. The quantitative estimate of drug-likeness (QED) is 0.170. The van der Waals surface area contributed by atoms with Gasteiger partial charge >= 0.3 is 18.5 Å². The van der Waals surface area contributed by atoms with Crippen molar-refractivity contribution in [1.29, 1.82) is 0 Å². The third-order valence-corrected chi connectivity index (χ3v) is 6.17. The molecule has 0 atom stereocenters. The molecule has 0 radical (unpaired) electrons. The molecule has 0 aliphatic rings. The summed E-state index contributed by atoms with van der Waals surface area (Å²) in [6, 6.07) is 10.9. The minimum Gasteiger partial charge on any atom is -0.457 e. The Kier molecular flexibility index (Phi) is 7.70. The summed E-state index contributed by atoms with van der Waals surface area (Å²) in [6.45, 7) is 0. The molecular weight excluding hydrogens is 586 g/mol. The van der Waals surface area contributed by atoms with E-state index in [4.69, 9.17) is 20.9 Å². The van der Waals surface area contributed by atoms with Gasteiger partial charge in [-0.25, -0.2) is 4.39 Å². The second-order valence-electron chi connectivity index (χ2n) is 8.94. The standard InChI is InChI=1S/C28H18F10N2O2/c29-22-14-20(10-11-23(22)40)41-18-6-1-15(2-7-18)25(27(33,34)35,28(36,37)38)16-3-8-19(9-4-16)42-24-12-5-17(39)13-21(24)26(30,31)32/h1-14H,39-40H2. The number of hydrogen-bond acceptors (Lipinski definition) is 4. The van der Waals surface area contributed by atoms with E-state index in [1.165, 1.54) is 6.07 Å². The van der Waals surface area contributed by atoms with E-state index in [2.05, 4.69) is 0 Å². The van der Waals surface area contributed by atoms with Crippen molar-refractivity contribution < 1.29 is 53.4 Å². The molecule has 4 nitrogen and oxygen atoms in total. The molecule has 42 heavy (non-hydrogen) atoms. The Balaban J connectivity index is 1.73. The molecule has 0 unspecified atom stereocenters. The smallest absolute Gasteiger partial charge is 0.420 e. The van der Waals surface area contributed by atoms with Gasteiger partial charge < -0.3 is 20.9 Å². The van der Waals surface area contributed by atoms with Crippen molar-refractivity contribution in [1.82, 2.24) is 0 Å². The van der Waals surface area contributed by atoms with Crippen molar-refractivity contribution in [2.75, 3.05) is 11.5 Å². The van der Waals surface area contributed by atoms with Crippen LogP contribution in [0.15, 0.2) is 84.9 Å². The number of hydrogen-bond donors (Lipinski definition) is 2. The average molecular weight is 604 g/mol. The van der Waals surface area contributed by atoms with Crippen molar-refractivity contribution >= 4 is 11.4 Å². The highest BCUT2D eigenvalue weighted by molar-refractivity contribution is 5.52. The summed E-state index contributed by atoms with van der Waals surface area (Å²) in [5.74, 6) is -2.40. The van der Waals surface area contributed by atoms with Crippen LogP contribution in [0.1, 0.15) is 16.7 Å². The molecule has 0 aliphatic carbocycles. The fourth-order valence-corrected chi connectivity index (χ4v) is 4.22. The molecule has 0 bridgehead atoms. The Labute approximate surface area is 231 Å². The van der Waals surface area contributed by atoms with Crippen LogP contribution in [0.4, 0.5) is 55.3 Å². The van der Waals surface area contributed by atoms with Crippen molar-refractivity contribution in [3.05, 3.63) is 107 Å². The average Bonchev–Trinajstić information content (AvgIpc) is 2.87. The molecule has 4 N–H and O–H groups in total. The summed E-state index contributed by atoms with van der Waals surface area (Å²) in [7, 11) is 0. The van der Waals surface area contributed by atoms with Gasteiger partial charge in [-0.2, -0.15) is 39.5 Å². The normalized spacial score (nSPS) is 12.7. The van der Waals surface area contributed by atoms with Crippen LogP contribution < -0.4 is 20.9 Å². The van der Waals surface area contributed by atoms with Crippen LogP contribution in [0, 0.1) is 5.82 Å². The number of nitrogens with two attached hydrogens (primary N) is 2. The molecule has 4 aromatic carbocycles. The molecule has 0 fully saturated rings. The monoisotopic (exact) mass is 604 g/mol. The molecule has 0 aromatic heterocycles. The predicted molar refractivity (Wildman–Crippen MR) is 133 cm³/mol. The highest BCUT2D eigenvalue weighted by atomic mass is 19.4. The molecule has 0 saturated carbocycles. The van der Waals surface area contributed by atoms with E-state index >= 15 is 0 Å². The molecular formula is C28H18F10N2O2. The van der Waals surface area contributed by atoms with Crippen molar-refractivity contribution in [3.63, 3.8) is 0 Å². The van der Waals surface area contributed by atoms with E-state index in [0.29, 0.717) is 42.5 Å². The lowest BCUT2D eigenvalue weighted by Gasteiger charge is -2.38. The molecule has 0 amide bonds. The zero-order chi connectivity index (χ0) is 31.1. The summed E-state index contributed by atoms with van der Waals surface area (Å²) in [5, 5.41) is 0. The fraction of sp³-hybridized carbons (Fsp3) is 0.143. The first-order chi connectivity index (χ1) is 19.4. The van der Waals surface area contributed by atoms with Crippen LogP contribution in [-0.2, 0) is 11.6 Å². The SMILES string of the molecule is Nc1ccc(Oc2ccc(C(c3ccc(Oc4ccc(N)c(F)c4)cc3)(C(F)(F)F)C(F)(F)F)cc2)c(C(F)(F)F)c1. The second-order valence-corrected chi connectivity index (χ2v) is 8.94. The highest BCUT2D eigenvalue weighted by Gasteiger charge is 2.72. The van der Waals surface area contributed by atoms with Crippen LogP contribution >= 0.6 is 0 Å². The number of alkyl halides is 9. The van der Waals surface area contributed by atoms with Gasteiger partial charge in [0, 0.05) is 11.8 Å². The molecule has 14 heteroatoms. The van der Waals surface area contributed by atoms with E-state index in [1.54, 1.807) is 0 Å². The zero-order valence-electron chi connectivity index (χ0n) is 20.8. The van der Waals surface area contributed by atoms with Gasteiger partial charge in [-0.3, -0.25) is 0 Å². The number of rotatable bonds is 6. The third kappa shape index (κ3) is 5.74. The van der Waals surface area contributed by atoms with Crippen LogP contribution in [0.2, 0.25) is 0 Å². The number of ether oxygens (including phenoxy) is 2. The van der Waals surface area contributed by atoms with Crippen molar-refractivity contribution in [2.24, 2.45) is 0 Å². The lowest BCUT2D eigenvalue weighted by Crippen LogP contribution is -2.54. The fourth-order valence-electron chi connectivity index (χ4n) is 4.22. The lowest BCUT2D eigenvalue weighted by atomic mass is 9.73. The van der Waals surface area contributed by atoms with E-state index in [0.717, 1.165) is 36.4 Å². The van der Waals surface area contributed by atoms with Crippen LogP contribution in [0.3, 0.4) is 0 Å². The van der Waals surface area contributed by atoms with Gasteiger partial charge in [-0.05, 0) is 65.7 Å². The Morgan fingerprint density at radius 2 is 1.00 bits per heavy atom. The molecule has 4 aromatic rings. The first-order valence-corrected chi connectivity index (χ1v) is 11.7. The van der Waals surface area contributed by atoms with Crippen LogP contribution in [0.5, 0.6) is 23.0 Å². The summed E-state index contributed by atoms with van der Waals surface area (Å²) in [6.07, 6.45) is -16.8. The van der Waals surface area contributed by atoms with Gasteiger partial charge in [0.15, 0.2) is 0 Å². The summed E-state index contributed by atoms with van der Waals surface area (Å²) in [4.78, 5) is 0. The van der Waals surface area contributed by atoms with Crippen LogP contribution in [-0.4, -0.2) is 12.4 Å². The minimum atomic E-state index is -5.93. The molecule has 222 valence electrons. The maximum atomic E-state index is 14.5. The van der Waals surface area contributed by atoms with Crippen molar-refractivity contribution in [2.45, 2.75) is 23.9 Å². The number of anilines is 2. The van der Waals surface area contributed by atoms with E-state index in [1.807, 2.05) is 0 Å². The molecule has 4 rings (SSSR count). The first kappa shape index (κ1) is 30.3. The van der Waals surface area contributed by atoms with Gasteiger partial charge in [0.2, 0.25) is 5.41 Å². The Morgan fingerprint density at radius 3 is 1.45 bits per heavy atom. The highest BCUT2D eigenvalue weighted by Crippen LogP contribution is 2.56. The van der Waals surface area contributed by atoms with Gasteiger partial charge in [0.25, 0.3) is 0 Å². The van der Waals surface area contributed by atoms with E-state index in [-0.39, 0.29) is 22.9 Å². The summed E-state index contributed by atoms with van der Waals surface area (Å²) < 4.78 is 151. The Morgan fingerprint density at radius 1 is 0.524 bits per heavy atom. The maximum Gasteiger partial charge on any atom is 0.420 e. The number of benzene rings is 4. The molecule has 0 spiro atoms. The Bertz CT molecular complexity index is 1550. The van der Waals surface area contributed by atoms with E-state index in [9.17, 15) is 43.9 Å². The molecule has 0 aliphatic heterocycles. The van der Waals surface area contributed by atoms with Gasteiger partial charge in [0.1, 0.15) is 34.4 Å². The predicted octanol–water partition coefficient (Wildman–Crippen LogP) is 9.00. The van der Waals surface area contributed by atoms with Gasteiger partial charge in [0.05, 0.1) is 5.69 Å². The number of halogens is 10. The topological polar surface area (TPSA) is 70.5 Å². The van der Waals surface area contributed by atoms with Crippen LogP contribution in [0.25, 0.3) is 0 Å². The number of nitrogen functional groups attached to an aromatic ring is 2. The third-order valence-electron chi connectivity index (χ3n) is 6.17. The molecule has 0 saturated heterocycles. The zero-order valence-corrected chi connectivity index (χ0v) is 20.8. The minimum absolute atomic E-state index is 0.113. The second kappa shape index (κ2) is 10.7. The summed E-state index contributed by atoms with van der Waals surface area (Å²) in [5.41, 5.74) is 1.93. The summed E-state index contributed by atoms with van der Waals surface area (Å²) >= 11 is 0. The van der Waals surface area contributed by atoms with E-state index < -0.39 is 58.0 Å². The van der Waals surface area contributed by atoms with Crippen molar-refractivity contribution in [3.8, 4) is 23.0 Å². The maximum absolute atomic E-state index is 14.5. The largest absolute Gasteiger partial charge is 0.457 e. The van der Waals surface area contributed by atoms with Gasteiger partial charge in [-0.15, -0.1) is 0 Å².